The van der Waals surface area contributed by atoms with Crippen molar-refractivity contribution >= 4 is 23.2 Å². The van der Waals surface area contributed by atoms with Gasteiger partial charge >= 0.3 is 0 Å². The van der Waals surface area contributed by atoms with E-state index in [2.05, 4.69) is 18.8 Å². The maximum absolute atomic E-state index is 12.8. The normalized spacial score (nSPS) is 19.5. The van der Waals surface area contributed by atoms with Crippen molar-refractivity contribution in [2.24, 2.45) is 5.92 Å². The van der Waals surface area contributed by atoms with Crippen LogP contribution in [0.1, 0.15) is 72.2 Å². The number of rotatable bonds is 3. The summed E-state index contributed by atoms with van der Waals surface area (Å²) in [4.78, 5) is 34.6. The molecule has 1 aromatic rings. The van der Waals surface area contributed by atoms with E-state index in [0.29, 0.717) is 38.0 Å². The minimum atomic E-state index is 0.0756. The van der Waals surface area contributed by atoms with Crippen LogP contribution in [-0.4, -0.2) is 52.8 Å². The molecule has 3 rings (SSSR count). The van der Waals surface area contributed by atoms with Gasteiger partial charge < -0.3 is 9.80 Å². The van der Waals surface area contributed by atoms with Crippen molar-refractivity contribution in [3.8, 4) is 0 Å². The van der Waals surface area contributed by atoms with Gasteiger partial charge in [0.25, 0.3) is 5.91 Å². The number of aromatic nitrogens is 1. The molecule has 0 atom stereocenters. The Morgan fingerprint density at radius 2 is 1.64 bits per heavy atom. The molecule has 1 saturated carbocycles. The Labute approximate surface area is 154 Å². The zero-order valence-electron chi connectivity index (χ0n) is 15.6. The third-order valence-electron chi connectivity index (χ3n) is 5.33. The first kappa shape index (κ1) is 18.4. The van der Waals surface area contributed by atoms with Crippen molar-refractivity contribution < 1.29 is 9.59 Å². The van der Waals surface area contributed by atoms with Crippen molar-refractivity contribution in [3.05, 3.63) is 15.6 Å². The molecule has 1 aliphatic heterocycles. The highest BCUT2D eigenvalue weighted by atomic mass is 32.1. The van der Waals surface area contributed by atoms with Gasteiger partial charge in [0.05, 0.1) is 10.7 Å². The number of aryl methyl sites for hydroxylation is 1. The molecule has 1 aromatic heterocycles. The maximum atomic E-state index is 12.8. The second kappa shape index (κ2) is 7.85. The Kier molecular flexibility index (Phi) is 5.77. The zero-order valence-corrected chi connectivity index (χ0v) is 16.4. The zero-order chi connectivity index (χ0) is 18.0. The quantitative estimate of drug-likeness (QED) is 0.827. The van der Waals surface area contributed by atoms with Crippen LogP contribution in [0.3, 0.4) is 0 Å². The molecular formula is C19H29N3O2S. The fraction of sp³-hybridized carbons (Fsp3) is 0.737. The van der Waals surface area contributed by atoms with Gasteiger partial charge in [-0.25, -0.2) is 4.98 Å². The van der Waals surface area contributed by atoms with Gasteiger partial charge in [0.2, 0.25) is 5.91 Å². The SMILES string of the molecule is Cc1nc(C(C)C)sc1C(=O)N1CCN(C(=O)C2CCCCC2)CC1. The van der Waals surface area contributed by atoms with Crippen LogP contribution in [0.25, 0.3) is 0 Å². The van der Waals surface area contributed by atoms with Crippen LogP contribution in [0.5, 0.6) is 0 Å². The molecule has 25 heavy (non-hydrogen) atoms. The Hall–Kier alpha value is -1.43. The minimum absolute atomic E-state index is 0.0756. The van der Waals surface area contributed by atoms with E-state index in [1.807, 2.05) is 16.7 Å². The number of nitrogens with zero attached hydrogens (tertiary/aromatic N) is 3. The summed E-state index contributed by atoms with van der Waals surface area (Å²) < 4.78 is 0. The monoisotopic (exact) mass is 363 g/mol. The summed E-state index contributed by atoms with van der Waals surface area (Å²) in [5, 5.41) is 1.02. The van der Waals surface area contributed by atoms with Gasteiger partial charge in [-0.2, -0.15) is 0 Å². The number of carbonyl (C=O) groups excluding carboxylic acids is 2. The lowest BCUT2D eigenvalue weighted by atomic mass is 9.88. The molecule has 0 unspecified atom stereocenters. The summed E-state index contributed by atoms with van der Waals surface area (Å²) in [7, 11) is 0. The van der Waals surface area contributed by atoms with Crippen LogP contribution in [0.15, 0.2) is 0 Å². The van der Waals surface area contributed by atoms with Crippen molar-refractivity contribution in [1.29, 1.82) is 0 Å². The van der Waals surface area contributed by atoms with Crippen molar-refractivity contribution in [2.75, 3.05) is 26.2 Å². The molecule has 2 heterocycles. The smallest absolute Gasteiger partial charge is 0.265 e. The van der Waals surface area contributed by atoms with Gasteiger partial charge in [-0.3, -0.25) is 9.59 Å². The molecule has 2 amide bonds. The molecular weight excluding hydrogens is 334 g/mol. The lowest BCUT2D eigenvalue weighted by Crippen LogP contribution is -2.52. The highest BCUT2D eigenvalue weighted by Crippen LogP contribution is 2.27. The molecule has 138 valence electrons. The molecule has 6 heteroatoms. The lowest BCUT2D eigenvalue weighted by molar-refractivity contribution is -0.138. The second-order valence-corrected chi connectivity index (χ2v) is 8.60. The predicted molar refractivity (Wildman–Crippen MR) is 100.0 cm³/mol. The molecule has 1 saturated heterocycles. The number of hydrogen-bond acceptors (Lipinski definition) is 4. The number of carbonyl (C=O) groups is 2. The largest absolute Gasteiger partial charge is 0.339 e. The summed E-state index contributed by atoms with van der Waals surface area (Å²) in [6, 6.07) is 0. The Morgan fingerprint density at radius 1 is 1.04 bits per heavy atom. The fourth-order valence-electron chi connectivity index (χ4n) is 3.74. The average molecular weight is 364 g/mol. The topological polar surface area (TPSA) is 53.5 Å². The average Bonchev–Trinajstić information content (AvgIpc) is 3.03. The minimum Gasteiger partial charge on any atom is -0.339 e. The maximum Gasteiger partial charge on any atom is 0.265 e. The van der Waals surface area contributed by atoms with Gasteiger partial charge in [0.1, 0.15) is 4.88 Å². The van der Waals surface area contributed by atoms with Crippen LogP contribution in [0, 0.1) is 12.8 Å². The third kappa shape index (κ3) is 4.05. The van der Waals surface area contributed by atoms with Gasteiger partial charge in [-0.15, -0.1) is 11.3 Å². The van der Waals surface area contributed by atoms with E-state index >= 15 is 0 Å². The number of piperazine rings is 1. The molecule has 1 aliphatic carbocycles. The molecule has 2 aliphatic rings. The number of thiazole rings is 1. The van der Waals surface area contributed by atoms with Crippen LogP contribution in [-0.2, 0) is 4.79 Å². The Morgan fingerprint density at radius 3 is 2.20 bits per heavy atom. The fourth-order valence-corrected chi connectivity index (χ4v) is 4.78. The van der Waals surface area contributed by atoms with Crippen LogP contribution in [0.4, 0.5) is 0 Å². The molecule has 0 spiro atoms. The highest BCUT2D eigenvalue weighted by molar-refractivity contribution is 7.13. The standard InChI is InChI=1S/C19H29N3O2S/c1-13(2)17-20-14(3)16(25-17)19(24)22-11-9-21(10-12-22)18(23)15-7-5-4-6-8-15/h13,15H,4-12H2,1-3H3. The van der Waals surface area contributed by atoms with E-state index < -0.39 is 0 Å². The van der Waals surface area contributed by atoms with E-state index in [4.69, 9.17) is 0 Å². The number of hydrogen-bond donors (Lipinski definition) is 0. The molecule has 5 nitrogen and oxygen atoms in total. The summed E-state index contributed by atoms with van der Waals surface area (Å²) in [5.41, 5.74) is 0.833. The van der Waals surface area contributed by atoms with E-state index in [0.717, 1.165) is 28.4 Å². The summed E-state index contributed by atoms with van der Waals surface area (Å²) >= 11 is 1.52. The lowest BCUT2D eigenvalue weighted by Gasteiger charge is -2.37. The second-order valence-electron chi connectivity index (χ2n) is 7.57. The Bertz CT molecular complexity index is 627. The van der Waals surface area contributed by atoms with Crippen LogP contribution >= 0.6 is 11.3 Å². The van der Waals surface area contributed by atoms with Crippen LogP contribution < -0.4 is 0 Å². The van der Waals surface area contributed by atoms with E-state index in [1.54, 1.807) is 0 Å². The highest BCUT2D eigenvalue weighted by Gasteiger charge is 2.31. The molecule has 0 bridgehead atoms. The van der Waals surface area contributed by atoms with Gasteiger partial charge in [0, 0.05) is 38.0 Å². The molecule has 0 radical (unpaired) electrons. The predicted octanol–water partition coefficient (Wildman–Crippen LogP) is 3.44. The summed E-state index contributed by atoms with van der Waals surface area (Å²) in [6.07, 6.45) is 5.69. The molecule has 2 fully saturated rings. The van der Waals surface area contributed by atoms with E-state index in [-0.39, 0.29) is 11.8 Å². The van der Waals surface area contributed by atoms with Gasteiger partial charge in [-0.05, 0) is 19.8 Å². The first-order valence-corrected chi connectivity index (χ1v) is 10.3. The van der Waals surface area contributed by atoms with Crippen molar-refractivity contribution in [1.82, 2.24) is 14.8 Å². The summed E-state index contributed by atoms with van der Waals surface area (Å²) in [6.45, 7) is 8.70. The van der Waals surface area contributed by atoms with Crippen molar-refractivity contribution in [3.63, 3.8) is 0 Å². The van der Waals surface area contributed by atoms with Crippen molar-refractivity contribution in [2.45, 2.75) is 58.8 Å². The first-order valence-electron chi connectivity index (χ1n) is 9.52. The van der Waals surface area contributed by atoms with Gasteiger partial charge in [0.15, 0.2) is 0 Å². The van der Waals surface area contributed by atoms with E-state index in [9.17, 15) is 9.59 Å². The number of amides is 2. The summed E-state index contributed by atoms with van der Waals surface area (Å²) in [5.74, 6) is 0.943. The van der Waals surface area contributed by atoms with E-state index in [1.165, 1.54) is 30.6 Å². The van der Waals surface area contributed by atoms with Gasteiger partial charge in [-0.1, -0.05) is 33.1 Å². The molecule has 0 aromatic carbocycles. The Balaban J connectivity index is 1.58. The van der Waals surface area contributed by atoms with Crippen LogP contribution in [0.2, 0.25) is 0 Å². The molecule has 0 N–H and O–H groups in total. The third-order valence-corrected chi connectivity index (χ3v) is 6.78. The first-order chi connectivity index (χ1) is 12.0.